The Kier molecular flexibility index (Phi) is 6.51. The highest BCUT2D eigenvalue weighted by Gasteiger charge is 2.26. The van der Waals surface area contributed by atoms with E-state index in [2.05, 4.69) is 38.2 Å². The van der Waals surface area contributed by atoms with Gasteiger partial charge in [0.15, 0.2) is 0 Å². The molecule has 7 heteroatoms. The highest BCUT2D eigenvalue weighted by molar-refractivity contribution is 5.80. The number of rotatable bonds is 7. The molecule has 1 aliphatic heterocycles. The summed E-state index contributed by atoms with van der Waals surface area (Å²) in [5, 5.41) is 12.2. The van der Waals surface area contributed by atoms with Gasteiger partial charge in [-0.2, -0.15) is 0 Å². The lowest BCUT2D eigenvalue weighted by Crippen LogP contribution is -2.35. The maximum Gasteiger partial charge on any atom is 0.110 e. The number of oxime groups is 1. The van der Waals surface area contributed by atoms with E-state index in [-0.39, 0.29) is 5.92 Å². The number of ether oxygens (including phenoxy) is 1. The molecule has 2 aliphatic rings. The van der Waals surface area contributed by atoms with Crippen molar-refractivity contribution in [3.8, 4) is 22.5 Å². The number of nitrogens with one attached hydrogen (secondary N) is 1. The number of aryl methyl sites for hydroxylation is 1. The van der Waals surface area contributed by atoms with E-state index in [0.29, 0.717) is 5.92 Å². The normalized spacial score (nSPS) is 19.4. The summed E-state index contributed by atoms with van der Waals surface area (Å²) in [6, 6.07) is 10.7. The number of methoxy groups -OCH3 is 1. The number of aromatic amines is 1. The van der Waals surface area contributed by atoms with Crippen LogP contribution in [0.3, 0.4) is 0 Å². The number of hydrogen-bond acceptors (Lipinski definition) is 6. The van der Waals surface area contributed by atoms with Crippen molar-refractivity contribution in [2.45, 2.75) is 37.5 Å². The molecule has 2 aromatic heterocycles. The predicted octanol–water partition coefficient (Wildman–Crippen LogP) is 4.45. The summed E-state index contributed by atoms with van der Waals surface area (Å²) in [6.45, 7) is 3.92. The number of pyridine rings is 1. The summed E-state index contributed by atoms with van der Waals surface area (Å²) < 4.78 is 5.24. The van der Waals surface area contributed by atoms with E-state index >= 15 is 0 Å². The molecule has 2 N–H and O–H groups in total. The van der Waals surface area contributed by atoms with Crippen molar-refractivity contribution in [3.63, 3.8) is 0 Å². The highest BCUT2D eigenvalue weighted by atomic mass is 16.5. The first-order chi connectivity index (χ1) is 16.3. The van der Waals surface area contributed by atoms with Gasteiger partial charge in [-0.15, -0.1) is 5.16 Å². The Morgan fingerprint density at radius 1 is 1.15 bits per heavy atom. The summed E-state index contributed by atoms with van der Waals surface area (Å²) in [5.74, 6) is 1.70. The molecule has 1 fully saturated rings. The van der Waals surface area contributed by atoms with E-state index in [1.165, 1.54) is 11.1 Å². The Morgan fingerprint density at radius 3 is 2.73 bits per heavy atom. The lowest BCUT2D eigenvalue weighted by Gasteiger charge is -2.30. The molecule has 0 spiro atoms. The highest BCUT2D eigenvalue weighted by Crippen LogP contribution is 2.38. The van der Waals surface area contributed by atoms with E-state index in [9.17, 15) is 0 Å². The van der Waals surface area contributed by atoms with E-state index in [4.69, 9.17) is 14.9 Å². The predicted molar refractivity (Wildman–Crippen MR) is 129 cm³/mol. The van der Waals surface area contributed by atoms with Crippen molar-refractivity contribution < 1.29 is 9.94 Å². The number of hydrogen-bond donors (Lipinski definition) is 2. The average Bonchev–Trinajstić information content (AvgIpc) is 3.48. The second kappa shape index (κ2) is 9.85. The summed E-state index contributed by atoms with van der Waals surface area (Å²) in [6.07, 6.45) is 9.46. The van der Waals surface area contributed by atoms with Crippen molar-refractivity contribution in [2.75, 3.05) is 33.4 Å². The van der Waals surface area contributed by atoms with Gasteiger partial charge in [-0.25, -0.2) is 4.98 Å². The van der Waals surface area contributed by atoms with E-state index in [1.807, 2.05) is 24.5 Å². The van der Waals surface area contributed by atoms with Gasteiger partial charge in [0.2, 0.25) is 0 Å². The molecule has 3 aromatic rings. The minimum atomic E-state index is 0.191. The van der Waals surface area contributed by atoms with Crippen molar-refractivity contribution in [3.05, 3.63) is 59.7 Å². The van der Waals surface area contributed by atoms with Crippen molar-refractivity contribution in [1.29, 1.82) is 0 Å². The zero-order valence-electron chi connectivity index (χ0n) is 19.1. The van der Waals surface area contributed by atoms with Crippen LogP contribution in [-0.2, 0) is 11.2 Å². The number of benzene rings is 1. The molecule has 33 heavy (non-hydrogen) atoms. The molecule has 3 heterocycles. The lowest BCUT2D eigenvalue weighted by molar-refractivity contribution is 0.129. The average molecular weight is 446 g/mol. The molecule has 1 aromatic carbocycles. The molecule has 1 saturated heterocycles. The number of nitrogens with zero attached hydrogens (tertiary/aromatic N) is 4. The molecule has 0 bridgehead atoms. The van der Waals surface area contributed by atoms with Crippen molar-refractivity contribution in [2.24, 2.45) is 5.16 Å². The number of imidazole rings is 1. The fourth-order valence-corrected chi connectivity index (χ4v) is 5.20. The van der Waals surface area contributed by atoms with Crippen LogP contribution < -0.4 is 0 Å². The van der Waals surface area contributed by atoms with Crippen LogP contribution in [0.25, 0.3) is 22.5 Å². The van der Waals surface area contributed by atoms with Crippen LogP contribution in [0.15, 0.2) is 47.9 Å². The SMILES string of the molecule is COCCN1CCC(c2nc(-c3ccc4c(c3)CCC4C=NO)c(-c3ccncc3)[nH]2)CC1. The van der Waals surface area contributed by atoms with Gasteiger partial charge < -0.3 is 19.8 Å². The van der Waals surface area contributed by atoms with Gasteiger partial charge >= 0.3 is 0 Å². The number of likely N-dealkylation sites (tertiary alicyclic amines) is 1. The van der Waals surface area contributed by atoms with Gasteiger partial charge in [0.25, 0.3) is 0 Å². The number of piperidine rings is 1. The maximum atomic E-state index is 8.97. The molecule has 0 amide bonds. The van der Waals surface area contributed by atoms with Crippen LogP contribution in [0.2, 0.25) is 0 Å². The van der Waals surface area contributed by atoms with Crippen LogP contribution in [0.5, 0.6) is 0 Å². The zero-order chi connectivity index (χ0) is 22.6. The third kappa shape index (κ3) is 4.56. The summed E-state index contributed by atoms with van der Waals surface area (Å²) in [5.41, 5.74) is 6.85. The number of fused-ring (bicyclic) bond motifs is 1. The van der Waals surface area contributed by atoms with Crippen molar-refractivity contribution >= 4 is 6.21 Å². The van der Waals surface area contributed by atoms with Gasteiger partial charge in [-0.1, -0.05) is 12.1 Å². The van der Waals surface area contributed by atoms with E-state index < -0.39 is 0 Å². The molecule has 1 unspecified atom stereocenters. The summed E-state index contributed by atoms with van der Waals surface area (Å²) in [7, 11) is 1.76. The Balaban J connectivity index is 1.46. The molecule has 172 valence electrons. The van der Waals surface area contributed by atoms with Crippen LogP contribution in [0, 0.1) is 0 Å². The molecule has 1 aliphatic carbocycles. The lowest BCUT2D eigenvalue weighted by atomic mass is 9.96. The van der Waals surface area contributed by atoms with E-state index in [0.717, 1.165) is 80.3 Å². The molecule has 0 radical (unpaired) electrons. The summed E-state index contributed by atoms with van der Waals surface area (Å²) in [4.78, 5) is 15.5. The first kappa shape index (κ1) is 21.8. The maximum absolute atomic E-state index is 8.97. The zero-order valence-corrected chi connectivity index (χ0v) is 19.1. The van der Waals surface area contributed by atoms with Crippen LogP contribution in [0.1, 0.15) is 48.0 Å². The first-order valence-electron chi connectivity index (χ1n) is 11.8. The second-order valence-electron chi connectivity index (χ2n) is 9.01. The van der Waals surface area contributed by atoms with Gasteiger partial charge in [0.1, 0.15) is 5.82 Å². The number of aromatic nitrogens is 3. The van der Waals surface area contributed by atoms with Gasteiger partial charge in [-0.3, -0.25) is 4.98 Å². The fraction of sp³-hybridized carbons (Fsp3) is 0.423. The molecule has 0 saturated carbocycles. The largest absolute Gasteiger partial charge is 0.411 e. The third-order valence-corrected chi connectivity index (χ3v) is 7.06. The Morgan fingerprint density at radius 2 is 1.97 bits per heavy atom. The standard InChI is InChI=1S/C26H31N5O2/c1-33-15-14-31-12-8-19(9-13-31)26-29-24(18-6-10-27-11-7-18)25(30-26)21-4-5-23-20(16-21)2-3-22(23)17-28-32/h4-7,10-11,16-17,19,22,32H,2-3,8-9,12-15H2,1H3,(H,29,30). The smallest absolute Gasteiger partial charge is 0.110 e. The minimum Gasteiger partial charge on any atom is -0.411 e. The molecule has 5 rings (SSSR count). The second-order valence-corrected chi connectivity index (χ2v) is 9.01. The molecule has 7 nitrogen and oxygen atoms in total. The van der Waals surface area contributed by atoms with Gasteiger partial charge in [0.05, 0.1) is 24.2 Å². The summed E-state index contributed by atoms with van der Waals surface area (Å²) >= 11 is 0. The fourth-order valence-electron chi connectivity index (χ4n) is 5.20. The van der Waals surface area contributed by atoms with Crippen LogP contribution in [0.4, 0.5) is 0 Å². The Labute approximate surface area is 194 Å². The first-order valence-corrected chi connectivity index (χ1v) is 11.8. The topological polar surface area (TPSA) is 86.6 Å². The molecular weight excluding hydrogens is 414 g/mol. The quantitative estimate of drug-likeness (QED) is 0.319. The van der Waals surface area contributed by atoms with E-state index in [1.54, 1.807) is 13.3 Å². The van der Waals surface area contributed by atoms with Gasteiger partial charge in [0, 0.05) is 49.0 Å². The molecular formula is C26H31N5O2. The van der Waals surface area contributed by atoms with Gasteiger partial charge in [-0.05, 0) is 68.1 Å². The minimum absolute atomic E-state index is 0.191. The Hall–Kier alpha value is -3.03. The van der Waals surface area contributed by atoms with Crippen LogP contribution in [-0.4, -0.2) is 64.6 Å². The van der Waals surface area contributed by atoms with Crippen molar-refractivity contribution in [1.82, 2.24) is 19.9 Å². The molecule has 1 atom stereocenters. The van der Waals surface area contributed by atoms with Crippen LogP contribution >= 0.6 is 0 Å². The Bertz CT molecular complexity index is 1100. The third-order valence-electron chi connectivity index (χ3n) is 7.06. The monoisotopic (exact) mass is 445 g/mol. The number of H-pyrrole nitrogens is 1.